The highest BCUT2D eigenvalue weighted by Gasteiger charge is 2.58. The predicted octanol–water partition coefficient (Wildman–Crippen LogP) is -1.14. The summed E-state index contributed by atoms with van der Waals surface area (Å²) in [6, 6.07) is 0. The Morgan fingerprint density at radius 3 is 1.43 bits per heavy atom. The van der Waals surface area contributed by atoms with Crippen molar-refractivity contribution in [2.24, 2.45) is 11.3 Å². The highest BCUT2D eigenvalue weighted by Crippen LogP contribution is 2.29. The molecule has 0 aromatic heterocycles. The lowest BCUT2D eigenvalue weighted by molar-refractivity contribution is -0.181. The molecular formula is C7H10O7. The molecule has 0 rings (SSSR count). The van der Waals surface area contributed by atoms with Crippen molar-refractivity contribution in [1.29, 1.82) is 0 Å². The molecule has 1 atom stereocenters. The topological polar surface area (TPSA) is 132 Å². The maximum absolute atomic E-state index is 10.6. The van der Waals surface area contributed by atoms with Crippen LogP contribution in [-0.2, 0) is 14.4 Å². The Morgan fingerprint density at radius 2 is 1.36 bits per heavy atom. The number of rotatable bonds is 5. The van der Waals surface area contributed by atoms with E-state index in [4.69, 9.17) is 20.4 Å². The Balaban J connectivity index is 5.50. The van der Waals surface area contributed by atoms with Gasteiger partial charge in [-0.1, -0.05) is 6.92 Å². The SMILES string of the molecule is CC(CO)C(C(=O)O)(C(=O)O)C(=O)O. The number of hydrogen-bond acceptors (Lipinski definition) is 4. The molecule has 0 heterocycles. The van der Waals surface area contributed by atoms with Gasteiger partial charge in [-0.3, -0.25) is 14.4 Å². The van der Waals surface area contributed by atoms with Crippen LogP contribution in [0.5, 0.6) is 0 Å². The monoisotopic (exact) mass is 206 g/mol. The minimum atomic E-state index is -2.99. The van der Waals surface area contributed by atoms with Crippen molar-refractivity contribution in [3.8, 4) is 0 Å². The van der Waals surface area contributed by atoms with Crippen molar-refractivity contribution in [3.05, 3.63) is 0 Å². The van der Waals surface area contributed by atoms with Crippen molar-refractivity contribution in [2.45, 2.75) is 6.92 Å². The summed E-state index contributed by atoms with van der Waals surface area (Å²) in [6.45, 7) is 0.196. The summed E-state index contributed by atoms with van der Waals surface area (Å²) in [5.41, 5.74) is -2.99. The summed E-state index contributed by atoms with van der Waals surface area (Å²) in [4.78, 5) is 31.9. The van der Waals surface area contributed by atoms with E-state index in [1.807, 2.05) is 0 Å². The Hall–Kier alpha value is -1.63. The van der Waals surface area contributed by atoms with Crippen LogP contribution < -0.4 is 0 Å². The van der Waals surface area contributed by atoms with Gasteiger partial charge in [0.05, 0.1) is 0 Å². The maximum Gasteiger partial charge on any atom is 0.333 e. The Kier molecular flexibility index (Phi) is 3.58. The average molecular weight is 206 g/mol. The fraction of sp³-hybridized carbons (Fsp3) is 0.571. The Morgan fingerprint density at radius 1 is 1.07 bits per heavy atom. The lowest BCUT2D eigenvalue weighted by atomic mass is 9.76. The molecule has 0 saturated carbocycles. The van der Waals surface area contributed by atoms with E-state index in [2.05, 4.69) is 0 Å². The van der Waals surface area contributed by atoms with Crippen molar-refractivity contribution >= 4 is 17.9 Å². The van der Waals surface area contributed by atoms with E-state index in [0.717, 1.165) is 6.92 Å². The third-order valence-electron chi connectivity index (χ3n) is 2.03. The molecule has 0 aliphatic carbocycles. The standard InChI is InChI=1S/C7H10O7/c1-3(2-8)7(4(9)10,5(11)12)6(13)14/h3,8H,2H2,1H3,(H,9,10)(H,11,12)(H,13,14). The van der Waals surface area contributed by atoms with Crippen LogP contribution in [0.25, 0.3) is 0 Å². The molecule has 0 amide bonds. The van der Waals surface area contributed by atoms with E-state index in [0.29, 0.717) is 0 Å². The summed E-state index contributed by atoms with van der Waals surface area (Å²) >= 11 is 0. The molecule has 0 aliphatic heterocycles. The number of aliphatic carboxylic acids is 3. The average Bonchev–Trinajstić information content (AvgIpc) is 2.02. The summed E-state index contributed by atoms with van der Waals surface area (Å²) in [5.74, 6) is -7.42. The van der Waals surface area contributed by atoms with Gasteiger partial charge in [-0.05, 0) is 0 Å². The van der Waals surface area contributed by atoms with Crippen molar-refractivity contribution in [3.63, 3.8) is 0 Å². The van der Waals surface area contributed by atoms with Crippen LogP contribution in [0, 0.1) is 11.3 Å². The van der Waals surface area contributed by atoms with E-state index in [9.17, 15) is 14.4 Å². The molecule has 0 bridgehead atoms. The Labute approximate surface area is 78.6 Å². The summed E-state index contributed by atoms with van der Waals surface area (Å²) in [7, 11) is 0. The second kappa shape index (κ2) is 4.05. The van der Waals surface area contributed by atoms with Crippen molar-refractivity contribution in [1.82, 2.24) is 0 Å². The lowest BCUT2D eigenvalue weighted by Gasteiger charge is -2.24. The van der Waals surface area contributed by atoms with Crippen LogP contribution in [0.3, 0.4) is 0 Å². The van der Waals surface area contributed by atoms with E-state index < -0.39 is 35.8 Å². The zero-order valence-corrected chi connectivity index (χ0v) is 7.30. The lowest BCUT2D eigenvalue weighted by Crippen LogP contribution is -2.52. The van der Waals surface area contributed by atoms with E-state index in [1.165, 1.54) is 0 Å². The van der Waals surface area contributed by atoms with Gasteiger partial charge in [0.2, 0.25) is 0 Å². The smallest absolute Gasteiger partial charge is 0.333 e. The van der Waals surface area contributed by atoms with Gasteiger partial charge in [0.25, 0.3) is 5.41 Å². The zero-order chi connectivity index (χ0) is 11.5. The molecule has 7 nitrogen and oxygen atoms in total. The number of hydrogen-bond donors (Lipinski definition) is 4. The number of aliphatic hydroxyl groups excluding tert-OH is 1. The van der Waals surface area contributed by atoms with Gasteiger partial charge in [-0.15, -0.1) is 0 Å². The fourth-order valence-corrected chi connectivity index (χ4v) is 1.04. The molecule has 1 unspecified atom stereocenters. The summed E-state index contributed by atoms with van der Waals surface area (Å²) in [6.07, 6.45) is 0. The normalized spacial score (nSPS) is 13.3. The highest BCUT2D eigenvalue weighted by atomic mass is 16.4. The summed E-state index contributed by atoms with van der Waals surface area (Å²) < 4.78 is 0. The van der Waals surface area contributed by atoms with Gasteiger partial charge in [-0.25, -0.2) is 0 Å². The van der Waals surface area contributed by atoms with E-state index >= 15 is 0 Å². The molecule has 0 fully saturated rings. The molecule has 0 spiro atoms. The molecule has 0 saturated heterocycles. The first-order chi connectivity index (χ1) is 6.31. The summed E-state index contributed by atoms with van der Waals surface area (Å²) in [5, 5.41) is 34.4. The quantitative estimate of drug-likeness (QED) is 0.417. The highest BCUT2D eigenvalue weighted by molar-refractivity contribution is 6.16. The first-order valence-electron chi connectivity index (χ1n) is 3.62. The molecule has 0 radical (unpaired) electrons. The molecule has 0 aromatic carbocycles. The molecule has 0 aromatic rings. The van der Waals surface area contributed by atoms with Crippen molar-refractivity contribution in [2.75, 3.05) is 6.61 Å². The third-order valence-corrected chi connectivity index (χ3v) is 2.03. The van der Waals surface area contributed by atoms with Crippen LogP contribution in [0.4, 0.5) is 0 Å². The van der Waals surface area contributed by atoms with E-state index in [-0.39, 0.29) is 0 Å². The van der Waals surface area contributed by atoms with Crippen LogP contribution >= 0.6 is 0 Å². The Bertz CT molecular complexity index is 233. The number of aliphatic hydroxyl groups is 1. The van der Waals surface area contributed by atoms with Gasteiger partial charge >= 0.3 is 17.9 Å². The van der Waals surface area contributed by atoms with Crippen LogP contribution in [0.15, 0.2) is 0 Å². The minimum absolute atomic E-state index is 0.842. The van der Waals surface area contributed by atoms with Crippen LogP contribution in [0.1, 0.15) is 6.92 Å². The van der Waals surface area contributed by atoms with Gasteiger partial charge in [0.15, 0.2) is 0 Å². The van der Waals surface area contributed by atoms with Gasteiger partial charge < -0.3 is 20.4 Å². The van der Waals surface area contributed by atoms with Gasteiger partial charge in [0.1, 0.15) is 0 Å². The van der Waals surface area contributed by atoms with Gasteiger partial charge in [-0.2, -0.15) is 0 Å². The largest absolute Gasteiger partial charge is 0.480 e. The fourth-order valence-electron chi connectivity index (χ4n) is 1.04. The zero-order valence-electron chi connectivity index (χ0n) is 7.30. The van der Waals surface area contributed by atoms with E-state index in [1.54, 1.807) is 0 Å². The second-order valence-corrected chi connectivity index (χ2v) is 2.81. The number of carbonyl (C=O) groups is 3. The number of carboxylic acids is 3. The first-order valence-corrected chi connectivity index (χ1v) is 3.62. The maximum atomic E-state index is 10.6. The second-order valence-electron chi connectivity index (χ2n) is 2.81. The van der Waals surface area contributed by atoms with Crippen molar-refractivity contribution < 1.29 is 34.8 Å². The molecule has 7 heteroatoms. The molecule has 4 N–H and O–H groups in total. The van der Waals surface area contributed by atoms with Crippen LogP contribution in [0.2, 0.25) is 0 Å². The van der Waals surface area contributed by atoms with Crippen LogP contribution in [-0.4, -0.2) is 44.9 Å². The first kappa shape index (κ1) is 12.4. The third kappa shape index (κ3) is 1.53. The molecule has 80 valence electrons. The van der Waals surface area contributed by atoms with Gasteiger partial charge in [0, 0.05) is 12.5 Å². The minimum Gasteiger partial charge on any atom is -0.480 e. The molecular weight excluding hydrogens is 196 g/mol. The molecule has 0 aliphatic rings. The number of carboxylic acid groups (broad SMARTS) is 3. The molecule has 14 heavy (non-hydrogen) atoms. The predicted molar refractivity (Wildman–Crippen MR) is 41.6 cm³/mol.